The van der Waals surface area contributed by atoms with Crippen molar-refractivity contribution in [1.82, 2.24) is 5.32 Å². The number of hydrogen-bond donors (Lipinski definition) is 2. The molecule has 0 aliphatic carbocycles. The number of rotatable bonds is 4. The predicted octanol–water partition coefficient (Wildman–Crippen LogP) is 1.00. The van der Waals surface area contributed by atoms with Gasteiger partial charge in [-0.05, 0) is 24.2 Å². The molecule has 0 bridgehead atoms. The first-order valence-electron chi connectivity index (χ1n) is 4.48. The molecule has 1 aliphatic rings. The Morgan fingerprint density at radius 2 is 2.18 bits per heavy atom. The normalized spacial score (nSPS) is 24.3. The molecule has 1 unspecified atom stereocenters. The van der Waals surface area contributed by atoms with Crippen molar-refractivity contribution >= 4 is 0 Å². The van der Waals surface area contributed by atoms with Crippen molar-refractivity contribution in [2.45, 2.75) is 26.7 Å². The zero-order valence-electron chi connectivity index (χ0n) is 7.56. The van der Waals surface area contributed by atoms with E-state index < -0.39 is 0 Å². The Bertz CT molecular complexity index is 121. The lowest BCUT2D eigenvalue weighted by atomic mass is 9.78. The van der Waals surface area contributed by atoms with E-state index in [-0.39, 0.29) is 0 Å². The largest absolute Gasteiger partial charge is 0.396 e. The highest BCUT2D eigenvalue weighted by Gasteiger charge is 2.30. The summed E-state index contributed by atoms with van der Waals surface area (Å²) >= 11 is 0. The van der Waals surface area contributed by atoms with Crippen LogP contribution in [0.1, 0.15) is 26.7 Å². The van der Waals surface area contributed by atoms with Gasteiger partial charge in [0, 0.05) is 19.7 Å². The van der Waals surface area contributed by atoms with E-state index in [0.717, 1.165) is 19.5 Å². The summed E-state index contributed by atoms with van der Waals surface area (Å²) in [6, 6.07) is 0. The minimum Gasteiger partial charge on any atom is -0.396 e. The minimum atomic E-state index is 0.337. The molecule has 1 aliphatic heterocycles. The van der Waals surface area contributed by atoms with Crippen LogP contribution < -0.4 is 5.32 Å². The van der Waals surface area contributed by atoms with Crippen molar-refractivity contribution in [3.8, 4) is 0 Å². The van der Waals surface area contributed by atoms with Gasteiger partial charge in [-0.2, -0.15) is 0 Å². The van der Waals surface area contributed by atoms with E-state index in [4.69, 9.17) is 5.11 Å². The molecular weight excluding hydrogens is 138 g/mol. The maximum absolute atomic E-state index is 8.81. The molecule has 66 valence electrons. The van der Waals surface area contributed by atoms with Crippen molar-refractivity contribution in [3.05, 3.63) is 0 Å². The summed E-state index contributed by atoms with van der Waals surface area (Å²) in [5.41, 5.74) is 0.531. The van der Waals surface area contributed by atoms with Crippen LogP contribution in [0.15, 0.2) is 0 Å². The van der Waals surface area contributed by atoms with Gasteiger partial charge >= 0.3 is 0 Å². The second-order valence-electron chi connectivity index (χ2n) is 4.24. The number of aliphatic hydroxyl groups excluding tert-OH is 1. The van der Waals surface area contributed by atoms with Crippen molar-refractivity contribution in [2.24, 2.45) is 11.3 Å². The lowest BCUT2D eigenvalue weighted by molar-refractivity contribution is 0.149. The predicted molar refractivity (Wildman–Crippen MR) is 46.5 cm³/mol. The van der Waals surface area contributed by atoms with Crippen LogP contribution in [0, 0.1) is 11.3 Å². The second-order valence-corrected chi connectivity index (χ2v) is 4.24. The Kier molecular flexibility index (Phi) is 2.90. The zero-order valence-corrected chi connectivity index (χ0v) is 7.56. The molecule has 2 nitrogen and oxygen atoms in total. The smallest absolute Gasteiger partial charge is 0.0456 e. The van der Waals surface area contributed by atoms with Crippen LogP contribution in [0.2, 0.25) is 0 Å². The molecule has 1 fully saturated rings. The Labute approximate surface area is 69.0 Å². The zero-order chi connectivity index (χ0) is 8.32. The van der Waals surface area contributed by atoms with Gasteiger partial charge in [0.1, 0.15) is 0 Å². The van der Waals surface area contributed by atoms with Crippen LogP contribution >= 0.6 is 0 Å². The van der Waals surface area contributed by atoms with Crippen molar-refractivity contribution < 1.29 is 5.11 Å². The Morgan fingerprint density at radius 1 is 1.55 bits per heavy atom. The highest BCUT2D eigenvalue weighted by atomic mass is 16.3. The molecule has 0 aromatic carbocycles. The SMILES string of the molecule is CC(CO)CCC1(C)CNC1. The summed E-state index contributed by atoms with van der Waals surface area (Å²) in [4.78, 5) is 0. The molecule has 0 amide bonds. The number of aliphatic hydroxyl groups is 1. The minimum absolute atomic E-state index is 0.337. The van der Waals surface area contributed by atoms with Crippen LogP contribution in [0.4, 0.5) is 0 Å². The van der Waals surface area contributed by atoms with E-state index in [9.17, 15) is 0 Å². The van der Waals surface area contributed by atoms with Crippen molar-refractivity contribution in [2.75, 3.05) is 19.7 Å². The molecule has 1 rings (SSSR count). The van der Waals surface area contributed by atoms with Gasteiger partial charge < -0.3 is 10.4 Å². The molecular formula is C9H19NO. The molecule has 1 heterocycles. The van der Waals surface area contributed by atoms with Crippen molar-refractivity contribution in [1.29, 1.82) is 0 Å². The summed E-state index contributed by atoms with van der Waals surface area (Å²) < 4.78 is 0. The summed E-state index contributed by atoms with van der Waals surface area (Å²) in [5.74, 6) is 0.479. The van der Waals surface area contributed by atoms with E-state index >= 15 is 0 Å². The van der Waals surface area contributed by atoms with E-state index in [2.05, 4.69) is 19.2 Å². The maximum Gasteiger partial charge on any atom is 0.0456 e. The van der Waals surface area contributed by atoms with Crippen LogP contribution in [-0.2, 0) is 0 Å². The third-order valence-corrected chi connectivity index (χ3v) is 2.66. The highest BCUT2D eigenvalue weighted by Crippen LogP contribution is 2.28. The fourth-order valence-corrected chi connectivity index (χ4v) is 1.41. The van der Waals surface area contributed by atoms with E-state index in [1.165, 1.54) is 6.42 Å². The summed E-state index contributed by atoms with van der Waals surface area (Å²) in [6.45, 7) is 7.07. The summed E-state index contributed by atoms with van der Waals surface area (Å²) in [6.07, 6.45) is 2.41. The fraction of sp³-hybridized carbons (Fsp3) is 1.00. The van der Waals surface area contributed by atoms with E-state index in [1.54, 1.807) is 0 Å². The van der Waals surface area contributed by atoms with Gasteiger partial charge in [0.2, 0.25) is 0 Å². The molecule has 11 heavy (non-hydrogen) atoms. The lowest BCUT2D eigenvalue weighted by Gasteiger charge is -2.40. The Hall–Kier alpha value is -0.0800. The molecule has 0 spiro atoms. The molecule has 0 saturated carbocycles. The first-order valence-corrected chi connectivity index (χ1v) is 4.48. The van der Waals surface area contributed by atoms with Gasteiger partial charge in [0.25, 0.3) is 0 Å². The molecule has 0 radical (unpaired) electrons. The fourth-order valence-electron chi connectivity index (χ4n) is 1.41. The molecule has 0 aromatic rings. The van der Waals surface area contributed by atoms with Gasteiger partial charge in [0.15, 0.2) is 0 Å². The quantitative estimate of drug-likeness (QED) is 0.638. The maximum atomic E-state index is 8.81. The molecule has 1 atom stereocenters. The lowest BCUT2D eigenvalue weighted by Crippen LogP contribution is -2.51. The average molecular weight is 157 g/mol. The molecule has 0 aromatic heterocycles. The Balaban J connectivity index is 2.11. The molecule has 1 saturated heterocycles. The summed E-state index contributed by atoms with van der Waals surface area (Å²) in [7, 11) is 0. The monoisotopic (exact) mass is 157 g/mol. The standard InChI is InChI=1S/C9H19NO/c1-8(5-11)3-4-9(2)6-10-7-9/h8,10-11H,3-7H2,1-2H3. The van der Waals surface area contributed by atoms with Crippen LogP contribution in [-0.4, -0.2) is 24.8 Å². The van der Waals surface area contributed by atoms with Crippen LogP contribution in [0.25, 0.3) is 0 Å². The number of hydrogen-bond acceptors (Lipinski definition) is 2. The van der Waals surface area contributed by atoms with Gasteiger partial charge in [-0.25, -0.2) is 0 Å². The van der Waals surface area contributed by atoms with Gasteiger partial charge in [0.05, 0.1) is 0 Å². The summed E-state index contributed by atoms with van der Waals surface area (Å²) in [5, 5.41) is 12.1. The third kappa shape index (κ3) is 2.46. The highest BCUT2D eigenvalue weighted by molar-refractivity contribution is 4.88. The topological polar surface area (TPSA) is 32.3 Å². The van der Waals surface area contributed by atoms with E-state index in [1.807, 2.05) is 0 Å². The van der Waals surface area contributed by atoms with Gasteiger partial charge in [-0.1, -0.05) is 13.8 Å². The first-order chi connectivity index (χ1) is 5.16. The molecule has 2 heteroatoms. The van der Waals surface area contributed by atoms with Crippen LogP contribution in [0.5, 0.6) is 0 Å². The number of nitrogens with one attached hydrogen (secondary N) is 1. The molecule has 2 N–H and O–H groups in total. The second kappa shape index (κ2) is 3.55. The first kappa shape index (κ1) is 9.01. The van der Waals surface area contributed by atoms with Crippen LogP contribution in [0.3, 0.4) is 0 Å². The van der Waals surface area contributed by atoms with E-state index in [0.29, 0.717) is 17.9 Å². The van der Waals surface area contributed by atoms with Gasteiger partial charge in [-0.15, -0.1) is 0 Å². The average Bonchev–Trinajstić information content (AvgIpc) is 1.96. The Morgan fingerprint density at radius 3 is 2.55 bits per heavy atom. The third-order valence-electron chi connectivity index (χ3n) is 2.66. The van der Waals surface area contributed by atoms with Gasteiger partial charge in [-0.3, -0.25) is 0 Å². The van der Waals surface area contributed by atoms with Crippen molar-refractivity contribution in [3.63, 3.8) is 0 Å².